The quantitative estimate of drug-likeness (QED) is 0.606. The summed E-state index contributed by atoms with van der Waals surface area (Å²) in [5, 5.41) is 13.4. The molecule has 0 aliphatic rings. The van der Waals surface area contributed by atoms with Gasteiger partial charge >= 0.3 is 0 Å². The summed E-state index contributed by atoms with van der Waals surface area (Å²) < 4.78 is 0. The lowest BCUT2D eigenvalue weighted by atomic mass is 10.0. The summed E-state index contributed by atoms with van der Waals surface area (Å²) in [4.78, 5) is 21.9. The van der Waals surface area contributed by atoms with Gasteiger partial charge in [0.25, 0.3) is 5.69 Å². The Hall–Kier alpha value is -1.95. The Morgan fingerprint density at radius 3 is 2.61 bits per heavy atom. The zero-order chi connectivity index (χ0) is 13.7. The number of benzene rings is 1. The number of nitrogens with zero attached hydrogens (tertiary/aromatic N) is 1. The molecular weight excluding hydrogens is 234 g/mol. The van der Waals surface area contributed by atoms with Crippen LogP contribution in [0.1, 0.15) is 19.4 Å². The first-order valence-electron chi connectivity index (χ1n) is 5.69. The molecule has 0 radical (unpaired) electrons. The fourth-order valence-electron chi connectivity index (χ4n) is 1.44. The van der Waals surface area contributed by atoms with Crippen LogP contribution in [0.4, 0.5) is 5.69 Å². The highest BCUT2D eigenvalue weighted by molar-refractivity contribution is 5.81. The van der Waals surface area contributed by atoms with Crippen molar-refractivity contribution < 1.29 is 9.72 Å². The number of nitrogens with one attached hydrogen (secondary N) is 1. The fourth-order valence-corrected chi connectivity index (χ4v) is 1.44. The van der Waals surface area contributed by atoms with E-state index in [1.165, 1.54) is 6.07 Å². The average Bonchev–Trinajstić information content (AvgIpc) is 2.35. The number of nitro groups is 1. The van der Waals surface area contributed by atoms with Crippen LogP contribution in [0.3, 0.4) is 0 Å². The van der Waals surface area contributed by atoms with Crippen LogP contribution in [-0.4, -0.2) is 16.9 Å². The molecule has 1 rings (SSSR count). The van der Waals surface area contributed by atoms with Crippen molar-refractivity contribution in [1.29, 1.82) is 0 Å². The van der Waals surface area contributed by atoms with Crippen LogP contribution < -0.4 is 11.1 Å². The van der Waals surface area contributed by atoms with Crippen molar-refractivity contribution in [3.8, 4) is 0 Å². The highest BCUT2D eigenvalue weighted by atomic mass is 16.6. The van der Waals surface area contributed by atoms with E-state index in [1.807, 2.05) is 13.8 Å². The number of hydrogen-bond donors (Lipinski definition) is 2. The van der Waals surface area contributed by atoms with Crippen LogP contribution in [0.15, 0.2) is 24.3 Å². The molecule has 0 saturated heterocycles. The second-order valence-electron chi connectivity index (χ2n) is 4.37. The summed E-state index contributed by atoms with van der Waals surface area (Å²) in [6.45, 7) is 3.79. The predicted octanol–water partition coefficient (Wildman–Crippen LogP) is 1.19. The molecule has 0 aliphatic carbocycles. The Morgan fingerprint density at radius 2 is 2.06 bits per heavy atom. The first kappa shape index (κ1) is 14.1. The van der Waals surface area contributed by atoms with Crippen molar-refractivity contribution in [3.63, 3.8) is 0 Å². The third kappa shape index (κ3) is 3.53. The number of nitrogens with two attached hydrogens (primary N) is 1. The molecule has 1 amide bonds. The van der Waals surface area contributed by atoms with Crippen LogP contribution in [0.5, 0.6) is 0 Å². The van der Waals surface area contributed by atoms with Gasteiger partial charge in [-0.1, -0.05) is 32.0 Å². The van der Waals surface area contributed by atoms with Gasteiger partial charge in [-0.3, -0.25) is 14.9 Å². The third-order valence-corrected chi connectivity index (χ3v) is 2.66. The molecule has 0 aliphatic heterocycles. The SMILES string of the molecule is CC(C)[C@H](N)C(=O)NCc1ccccc1[N+](=O)[O-]. The van der Waals surface area contributed by atoms with Gasteiger partial charge in [0.05, 0.1) is 11.0 Å². The van der Waals surface area contributed by atoms with Crippen molar-refractivity contribution in [3.05, 3.63) is 39.9 Å². The molecule has 0 aromatic heterocycles. The molecule has 18 heavy (non-hydrogen) atoms. The largest absolute Gasteiger partial charge is 0.350 e. The molecule has 6 heteroatoms. The minimum atomic E-state index is -0.604. The van der Waals surface area contributed by atoms with Crippen molar-refractivity contribution in [1.82, 2.24) is 5.32 Å². The zero-order valence-electron chi connectivity index (χ0n) is 10.4. The van der Waals surface area contributed by atoms with Gasteiger partial charge in [-0.2, -0.15) is 0 Å². The number of hydrogen-bond acceptors (Lipinski definition) is 4. The summed E-state index contributed by atoms with van der Waals surface area (Å²) in [6.07, 6.45) is 0. The van der Waals surface area contributed by atoms with E-state index >= 15 is 0 Å². The van der Waals surface area contributed by atoms with Gasteiger partial charge in [0.2, 0.25) is 5.91 Å². The molecule has 1 aromatic carbocycles. The summed E-state index contributed by atoms with van der Waals surface area (Å²) >= 11 is 0. The molecule has 1 atom stereocenters. The lowest BCUT2D eigenvalue weighted by Crippen LogP contribution is -2.43. The molecule has 0 spiro atoms. The summed E-state index contributed by atoms with van der Waals surface area (Å²) in [5.74, 6) is -0.279. The molecule has 98 valence electrons. The Morgan fingerprint density at radius 1 is 1.44 bits per heavy atom. The molecule has 0 heterocycles. The van der Waals surface area contributed by atoms with E-state index in [0.717, 1.165) is 0 Å². The number of carbonyl (C=O) groups is 1. The maximum absolute atomic E-state index is 11.6. The van der Waals surface area contributed by atoms with Gasteiger partial charge in [-0.25, -0.2) is 0 Å². The van der Waals surface area contributed by atoms with Gasteiger partial charge in [-0.05, 0) is 5.92 Å². The van der Waals surface area contributed by atoms with Gasteiger partial charge in [0.15, 0.2) is 0 Å². The predicted molar refractivity (Wildman–Crippen MR) is 67.8 cm³/mol. The Balaban J connectivity index is 2.70. The van der Waals surface area contributed by atoms with Crippen LogP contribution in [0.25, 0.3) is 0 Å². The molecule has 3 N–H and O–H groups in total. The normalized spacial score (nSPS) is 12.2. The topological polar surface area (TPSA) is 98.3 Å². The lowest BCUT2D eigenvalue weighted by Gasteiger charge is -2.15. The van der Waals surface area contributed by atoms with E-state index in [9.17, 15) is 14.9 Å². The number of para-hydroxylation sites is 1. The van der Waals surface area contributed by atoms with Crippen LogP contribution in [0.2, 0.25) is 0 Å². The van der Waals surface area contributed by atoms with Crippen molar-refractivity contribution >= 4 is 11.6 Å². The first-order valence-corrected chi connectivity index (χ1v) is 5.69. The summed E-state index contributed by atoms with van der Waals surface area (Å²) in [7, 11) is 0. The van der Waals surface area contributed by atoms with Crippen LogP contribution >= 0.6 is 0 Å². The van der Waals surface area contributed by atoms with Crippen molar-refractivity contribution in [2.24, 2.45) is 11.7 Å². The van der Waals surface area contributed by atoms with Gasteiger partial charge < -0.3 is 11.1 Å². The Bertz CT molecular complexity index is 446. The molecule has 0 saturated carbocycles. The minimum absolute atomic E-state index is 0.00378. The Labute approximate surface area is 105 Å². The standard InChI is InChI=1S/C12H17N3O3/c1-8(2)11(13)12(16)14-7-9-5-3-4-6-10(9)15(17)18/h3-6,8,11H,7,13H2,1-2H3,(H,14,16)/t11-/m0/s1. The number of amides is 1. The van der Waals surface area contributed by atoms with E-state index in [1.54, 1.807) is 18.2 Å². The van der Waals surface area contributed by atoms with E-state index in [0.29, 0.717) is 5.56 Å². The second-order valence-corrected chi connectivity index (χ2v) is 4.37. The third-order valence-electron chi connectivity index (χ3n) is 2.66. The number of rotatable bonds is 5. The van der Waals surface area contributed by atoms with Crippen LogP contribution in [0, 0.1) is 16.0 Å². The molecule has 0 bridgehead atoms. The summed E-state index contributed by atoms with van der Waals surface area (Å²) in [6, 6.07) is 5.69. The maximum atomic E-state index is 11.6. The fraction of sp³-hybridized carbons (Fsp3) is 0.417. The highest BCUT2D eigenvalue weighted by Crippen LogP contribution is 2.17. The first-order chi connectivity index (χ1) is 8.43. The number of nitro benzene ring substituents is 1. The number of carbonyl (C=O) groups excluding carboxylic acids is 1. The van der Waals surface area contributed by atoms with Gasteiger partial charge in [0.1, 0.15) is 0 Å². The maximum Gasteiger partial charge on any atom is 0.274 e. The van der Waals surface area contributed by atoms with E-state index in [2.05, 4.69) is 5.32 Å². The zero-order valence-corrected chi connectivity index (χ0v) is 10.4. The molecule has 0 fully saturated rings. The minimum Gasteiger partial charge on any atom is -0.350 e. The highest BCUT2D eigenvalue weighted by Gasteiger charge is 2.18. The molecule has 6 nitrogen and oxygen atoms in total. The smallest absolute Gasteiger partial charge is 0.274 e. The van der Waals surface area contributed by atoms with E-state index < -0.39 is 11.0 Å². The molecular formula is C12H17N3O3. The Kier molecular flexibility index (Phi) is 4.79. The monoisotopic (exact) mass is 251 g/mol. The molecule has 0 unspecified atom stereocenters. The van der Waals surface area contributed by atoms with Crippen LogP contribution in [-0.2, 0) is 11.3 Å². The summed E-state index contributed by atoms with van der Waals surface area (Å²) in [5.41, 5.74) is 6.14. The van der Waals surface area contributed by atoms with Gasteiger partial charge in [-0.15, -0.1) is 0 Å². The second kappa shape index (κ2) is 6.11. The lowest BCUT2D eigenvalue weighted by molar-refractivity contribution is -0.385. The van der Waals surface area contributed by atoms with E-state index in [-0.39, 0.29) is 24.1 Å². The van der Waals surface area contributed by atoms with Crippen molar-refractivity contribution in [2.45, 2.75) is 26.4 Å². The average molecular weight is 251 g/mol. The van der Waals surface area contributed by atoms with Gasteiger partial charge in [0, 0.05) is 18.2 Å². The molecule has 1 aromatic rings. The van der Waals surface area contributed by atoms with Crippen molar-refractivity contribution in [2.75, 3.05) is 0 Å². The van der Waals surface area contributed by atoms with E-state index in [4.69, 9.17) is 5.73 Å².